The summed E-state index contributed by atoms with van der Waals surface area (Å²) in [4.78, 5) is 10.8. The maximum Gasteiger partial charge on any atom is 0.203 e. The van der Waals surface area contributed by atoms with Gasteiger partial charge >= 0.3 is 0 Å². The molecule has 0 fully saturated rings. The Bertz CT molecular complexity index is 324. The van der Waals surface area contributed by atoms with Crippen molar-refractivity contribution in [2.24, 2.45) is 0 Å². The molecule has 1 rings (SSSR count). The molecule has 0 atom stereocenters. The van der Waals surface area contributed by atoms with Gasteiger partial charge in [-0.1, -0.05) is 6.07 Å². The quantitative estimate of drug-likeness (QED) is 0.741. The first-order valence-electron chi connectivity index (χ1n) is 4.52. The molecule has 0 unspecified atom stereocenters. The molecule has 1 aromatic carbocycles. The van der Waals surface area contributed by atoms with Crippen LogP contribution in [0.15, 0.2) is 18.2 Å². The maximum atomic E-state index is 10.8. The second-order valence-corrected chi connectivity index (χ2v) is 2.98. The fourth-order valence-electron chi connectivity index (χ4n) is 1.13. The van der Waals surface area contributed by atoms with E-state index in [0.29, 0.717) is 17.2 Å². The summed E-state index contributed by atoms with van der Waals surface area (Å²) in [5.41, 5.74) is 0. The van der Waals surface area contributed by atoms with Crippen LogP contribution in [0.4, 0.5) is 0 Å². The van der Waals surface area contributed by atoms with Crippen molar-refractivity contribution in [3.8, 4) is 17.2 Å². The Morgan fingerprint density at radius 2 is 1.73 bits per heavy atom. The highest BCUT2D eigenvalue weighted by Crippen LogP contribution is 2.36. The zero-order chi connectivity index (χ0) is 11.3. The van der Waals surface area contributed by atoms with Crippen LogP contribution < -0.4 is 14.2 Å². The average Bonchev–Trinajstić information content (AvgIpc) is 2.25. The summed E-state index contributed by atoms with van der Waals surface area (Å²) < 4.78 is 15.5. The third-order valence-electron chi connectivity index (χ3n) is 1.80. The summed E-state index contributed by atoms with van der Waals surface area (Å²) in [6, 6.07) is 5.29. The normalized spacial score (nSPS) is 9.53. The first kappa shape index (κ1) is 11.4. The predicted octanol–water partition coefficient (Wildman–Crippen LogP) is 1.67. The fraction of sp³-hybridized carbons (Fsp3) is 0.364. The van der Waals surface area contributed by atoms with Gasteiger partial charge in [0.2, 0.25) is 5.75 Å². The van der Waals surface area contributed by atoms with Crippen molar-refractivity contribution in [3.05, 3.63) is 18.2 Å². The van der Waals surface area contributed by atoms with Crippen LogP contribution in [0.5, 0.6) is 17.2 Å². The lowest BCUT2D eigenvalue weighted by Crippen LogP contribution is -2.08. The van der Waals surface area contributed by atoms with Gasteiger partial charge in [0, 0.05) is 0 Å². The van der Waals surface area contributed by atoms with Gasteiger partial charge in [-0.15, -0.1) is 0 Å². The largest absolute Gasteiger partial charge is 0.493 e. The van der Waals surface area contributed by atoms with Gasteiger partial charge in [0.1, 0.15) is 6.61 Å². The third-order valence-corrected chi connectivity index (χ3v) is 1.80. The molecule has 0 aliphatic heterocycles. The van der Waals surface area contributed by atoms with E-state index >= 15 is 0 Å². The minimum atomic E-state index is -0.0528. The Labute approximate surface area is 88.8 Å². The summed E-state index contributed by atoms with van der Waals surface area (Å²) in [7, 11) is 3.07. The van der Waals surface area contributed by atoms with Gasteiger partial charge in [-0.3, -0.25) is 4.79 Å². The van der Waals surface area contributed by atoms with Crippen molar-refractivity contribution in [2.45, 2.75) is 6.92 Å². The molecule has 82 valence electrons. The SMILES string of the molecule is COc1cccc(OC)c1OCC(C)=O. The van der Waals surface area contributed by atoms with Gasteiger partial charge in [-0.05, 0) is 19.1 Å². The van der Waals surface area contributed by atoms with Crippen molar-refractivity contribution >= 4 is 5.78 Å². The van der Waals surface area contributed by atoms with Gasteiger partial charge in [0.05, 0.1) is 14.2 Å². The van der Waals surface area contributed by atoms with E-state index in [0.717, 1.165) is 0 Å². The number of benzene rings is 1. The summed E-state index contributed by atoms with van der Waals surface area (Å²) >= 11 is 0. The molecule has 0 aromatic heterocycles. The van der Waals surface area contributed by atoms with Crippen LogP contribution in [-0.4, -0.2) is 26.6 Å². The molecule has 1 aromatic rings. The molecular weight excluding hydrogens is 196 g/mol. The summed E-state index contributed by atoms with van der Waals surface area (Å²) in [5, 5.41) is 0. The second kappa shape index (κ2) is 5.24. The van der Waals surface area contributed by atoms with E-state index in [4.69, 9.17) is 14.2 Å². The predicted molar refractivity (Wildman–Crippen MR) is 55.7 cm³/mol. The average molecular weight is 210 g/mol. The van der Waals surface area contributed by atoms with Crippen molar-refractivity contribution in [1.82, 2.24) is 0 Å². The number of methoxy groups -OCH3 is 2. The van der Waals surface area contributed by atoms with E-state index in [2.05, 4.69) is 0 Å². The van der Waals surface area contributed by atoms with E-state index in [1.165, 1.54) is 21.1 Å². The third kappa shape index (κ3) is 2.87. The van der Waals surface area contributed by atoms with Gasteiger partial charge < -0.3 is 14.2 Å². The number of Topliss-reactive ketones (excluding diaryl/α,β-unsaturated/α-hetero) is 1. The van der Waals surface area contributed by atoms with Crippen LogP contribution in [0.1, 0.15) is 6.92 Å². The minimum Gasteiger partial charge on any atom is -0.493 e. The molecule has 0 bridgehead atoms. The molecule has 0 saturated heterocycles. The molecule has 15 heavy (non-hydrogen) atoms. The van der Waals surface area contributed by atoms with Gasteiger partial charge in [0.25, 0.3) is 0 Å². The number of ether oxygens (including phenoxy) is 3. The smallest absolute Gasteiger partial charge is 0.203 e. The number of hydrogen-bond donors (Lipinski definition) is 0. The lowest BCUT2D eigenvalue weighted by atomic mass is 10.3. The number of carbonyl (C=O) groups excluding carboxylic acids is 1. The highest BCUT2D eigenvalue weighted by molar-refractivity contribution is 5.77. The Balaban J connectivity index is 2.94. The first-order valence-corrected chi connectivity index (χ1v) is 4.52. The van der Waals surface area contributed by atoms with Crippen LogP contribution in [0.3, 0.4) is 0 Å². The number of carbonyl (C=O) groups is 1. The van der Waals surface area contributed by atoms with Crippen molar-refractivity contribution in [2.75, 3.05) is 20.8 Å². The van der Waals surface area contributed by atoms with E-state index in [-0.39, 0.29) is 12.4 Å². The van der Waals surface area contributed by atoms with Gasteiger partial charge in [0.15, 0.2) is 17.3 Å². The summed E-state index contributed by atoms with van der Waals surface area (Å²) in [5.74, 6) is 1.51. The molecule has 0 saturated carbocycles. The molecule has 0 amide bonds. The first-order chi connectivity index (χ1) is 7.19. The van der Waals surface area contributed by atoms with E-state index in [9.17, 15) is 4.79 Å². The number of rotatable bonds is 5. The lowest BCUT2D eigenvalue weighted by molar-refractivity contribution is -0.118. The summed E-state index contributed by atoms with van der Waals surface area (Å²) in [6.07, 6.45) is 0. The topological polar surface area (TPSA) is 44.8 Å². The van der Waals surface area contributed by atoms with Crippen LogP contribution in [-0.2, 0) is 4.79 Å². The molecule has 0 radical (unpaired) electrons. The van der Waals surface area contributed by atoms with Crippen molar-refractivity contribution in [1.29, 1.82) is 0 Å². The highest BCUT2D eigenvalue weighted by Gasteiger charge is 2.11. The number of hydrogen-bond acceptors (Lipinski definition) is 4. The number of para-hydroxylation sites is 1. The second-order valence-electron chi connectivity index (χ2n) is 2.98. The Kier molecular flexibility index (Phi) is 3.97. The monoisotopic (exact) mass is 210 g/mol. The van der Waals surface area contributed by atoms with Crippen molar-refractivity contribution < 1.29 is 19.0 Å². The van der Waals surface area contributed by atoms with Crippen LogP contribution in [0.2, 0.25) is 0 Å². The molecule has 4 heteroatoms. The Morgan fingerprint density at radius 1 is 1.20 bits per heavy atom. The van der Waals surface area contributed by atoms with E-state index in [1.807, 2.05) is 0 Å². The van der Waals surface area contributed by atoms with Gasteiger partial charge in [-0.2, -0.15) is 0 Å². The van der Waals surface area contributed by atoms with E-state index < -0.39 is 0 Å². The van der Waals surface area contributed by atoms with Crippen LogP contribution in [0, 0.1) is 0 Å². The molecule has 0 N–H and O–H groups in total. The van der Waals surface area contributed by atoms with Crippen LogP contribution in [0.25, 0.3) is 0 Å². The fourth-order valence-corrected chi connectivity index (χ4v) is 1.13. The molecule has 0 aliphatic rings. The molecular formula is C11H14O4. The Hall–Kier alpha value is -1.71. The zero-order valence-electron chi connectivity index (χ0n) is 9.07. The highest BCUT2D eigenvalue weighted by atomic mass is 16.5. The van der Waals surface area contributed by atoms with Gasteiger partial charge in [-0.25, -0.2) is 0 Å². The molecule has 0 heterocycles. The maximum absolute atomic E-state index is 10.8. The Morgan fingerprint density at radius 3 is 2.13 bits per heavy atom. The zero-order valence-corrected chi connectivity index (χ0v) is 9.07. The lowest BCUT2D eigenvalue weighted by Gasteiger charge is -2.12. The summed E-state index contributed by atoms with van der Waals surface area (Å²) in [6.45, 7) is 1.47. The van der Waals surface area contributed by atoms with Crippen molar-refractivity contribution in [3.63, 3.8) is 0 Å². The van der Waals surface area contributed by atoms with Crippen LogP contribution >= 0.6 is 0 Å². The molecule has 4 nitrogen and oxygen atoms in total. The molecule has 0 aliphatic carbocycles. The minimum absolute atomic E-state index is 0.0106. The standard InChI is InChI=1S/C11H14O4/c1-8(12)7-15-11-9(13-2)5-4-6-10(11)14-3/h4-6H,7H2,1-3H3. The number of ketones is 1. The van der Waals surface area contributed by atoms with E-state index in [1.54, 1.807) is 18.2 Å². The molecule has 0 spiro atoms.